The topological polar surface area (TPSA) is 164 Å². The fourth-order valence-corrected chi connectivity index (χ4v) is 3.83. The molecule has 0 aromatic heterocycles. The molecule has 224 valence electrons. The van der Waals surface area contributed by atoms with Crippen LogP contribution in [0.5, 0.6) is 11.5 Å². The van der Waals surface area contributed by atoms with E-state index in [1.54, 1.807) is 60.7 Å². The SMILES string of the molecule is N#CCCCOc1ccc(C(=O)Oc2ccc(/C=C/C(=O)OCCCCCCOC(=O)c3cc(N)cc(N)c3)cc2)cc1. The Morgan fingerprint density at radius 2 is 1.33 bits per heavy atom. The molecule has 0 bridgehead atoms. The highest BCUT2D eigenvalue weighted by Gasteiger charge is 2.10. The van der Waals surface area contributed by atoms with Crippen LogP contribution < -0.4 is 20.9 Å². The number of hydrogen-bond donors (Lipinski definition) is 2. The summed E-state index contributed by atoms with van der Waals surface area (Å²) >= 11 is 0. The Balaban J connectivity index is 1.28. The van der Waals surface area contributed by atoms with Gasteiger partial charge in [0.25, 0.3) is 0 Å². The zero-order valence-corrected chi connectivity index (χ0v) is 23.8. The summed E-state index contributed by atoms with van der Waals surface area (Å²) < 4.78 is 21.4. The number of rotatable bonds is 16. The number of carbonyl (C=O) groups excluding carboxylic acids is 3. The van der Waals surface area contributed by atoms with Crippen molar-refractivity contribution < 1.29 is 33.3 Å². The molecule has 0 amide bonds. The van der Waals surface area contributed by atoms with Gasteiger partial charge >= 0.3 is 17.9 Å². The molecule has 0 heterocycles. The van der Waals surface area contributed by atoms with Gasteiger partial charge in [0, 0.05) is 23.9 Å². The van der Waals surface area contributed by atoms with Gasteiger partial charge in [0.1, 0.15) is 11.5 Å². The van der Waals surface area contributed by atoms with Crippen molar-refractivity contribution in [2.45, 2.75) is 38.5 Å². The molecule has 3 aromatic carbocycles. The van der Waals surface area contributed by atoms with Gasteiger partial charge in [-0.15, -0.1) is 0 Å². The fourth-order valence-electron chi connectivity index (χ4n) is 3.83. The molecule has 0 radical (unpaired) electrons. The van der Waals surface area contributed by atoms with Gasteiger partial charge in [-0.1, -0.05) is 12.1 Å². The lowest BCUT2D eigenvalue weighted by molar-refractivity contribution is -0.137. The van der Waals surface area contributed by atoms with Crippen molar-refractivity contribution >= 4 is 35.4 Å². The Morgan fingerprint density at radius 3 is 1.98 bits per heavy atom. The van der Waals surface area contributed by atoms with Crippen LogP contribution in [0, 0.1) is 11.3 Å². The van der Waals surface area contributed by atoms with E-state index in [-0.39, 0.29) is 13.2 Å². The minimum atomic E-state index is -0.507. The third-order valence-electron chi connectivity index (χ3n) is 6.02. The van der Waals surface area contributed by atoms with Crippen LogP contribution in [-0.2, 0) is 14.3 Å². The maximum Gasteiger partial charge on any atom is 0.343 e. The van der Waals surface area contributed by atoms with E-state index in [1.807, 2.05) is 0 Å². The first kappa shape index (κ1) is 32.2. The Bertz CT molecular complexity index is 1410. The van der Waals surface area contributed by atoms with E-state index in [2.05, 4.69) is 6.07 Å². The fraction of sp³-hybridized carbons (Fsp3) is 0.273. The first-order valence-electron chi connectivity index (χ1n) is 13.9. The van der Waals surface area contributed by atoms with Gasteiger partial charge in [-0.3, -0.25) is 0 Å². The molecule has 0 unspecified atom stereocenters. The van der Waals surface area contributed by atoms with Gasteiger partial charge in [0.05, 0.1) is 37.0 Å². The number of anilines is 2. The van der Waals surface area contributed by atoms with Crippen molar-refractivity contribution in [3.05, 3.63) is 89.5 Å². The lowest BCUT2D eigenvalue weighted by atomic mass is 10.2. The molecule has 0 aliphatic rings. The number of nitrogen functional groups attached to an aromatic ring is 2. The molecule has 10 nitrogen and oxygen atoms in total. The minimum Gasteiger partial charge on any atom is -0.494 e. The molecule has 43 heavy (non-hydrogen) atoms. The van der Waals surface area contributed by atoms with Gasteiger partial charge in [0.15, 0.2) is 0 Å². The quantitative estimate of drug-likeness (QED) is 0.0698. The molecular weight excluding hydrogens is 550 g/mol. The summed E-state index contributed by atoms with van der Waals surface area (Å²) in [5.41, 5.74) is 13.6. The van der Waals surface area contributed by atoms with E-state index >= 15 is 0 Å². The monoisotopic (exact) mass is 585 g/mol. The van der Waals surface area contributed by atoms with E-state index in [4.69, 9.17) is 35.7 Å². The average molecular weight is 586 g/mol. The Kier molecular flexibility index (Phi) is 13.1. The zero-order valence-electron chi connectivity index (χ0n) is 23.8. The number of unbranched alkanes of at least 4 members (excludes halogenated alkanes) is 4. The average Bonchev–Trinajstić information content (AvgIpc) is 3.00. The molecule has 10 heteroatoms. The van der Waals surface area contributed by atoms with Crippen LogP contribution in [0.2, 0.25) is 0 Å². The van der Waals surface area contributed by atoms with E-state index in [0.29, 0.717) is 66.3 Å². The minimum absolute atomic E-state index is 0.280. The smallest absolute Gasteiger partial charge is 0.343 e. The Labute approximate surface area is 250 Å². The van der Waals surface area contributed by atoms with E-state index in [1.165, 1.54) is 18.2 Å². The van der Waals surface area contributed by atoms with Gasteiger partial charge in [-0.2, -0.15) is 5.26 Å². The second kappa shape index (κ2) is 17.5. The molecule has 0 fully saturated rings. The van der Waals surface area contributed by atoms with Crippen LogP contribution in [0.4, 0.5) is 11.4 Å². The summed E-state index contributed by atoms with van der Waals surface area (Å²) in [5, 5.41) is 8.56. The lowest BCUT2D eigenvalue weighted by Crippen LogP contribution is -2.08. The van der Waals surface area contributed by atoms with Crippen LogP contribution in [-0.4, -0.2) is 37.7 Å². The molecule has 0 saturated heterocycles. The van der Waals surface area contributed by atoms with Gasteiger partial charge in [-0.25, -0.2) is 14.4 Å². The first-order chi connectivity index (χ1) is 20.8. The zero-order chi connectivity index (χ0) is 30.9. The summed E-state index contributed by atoms with van der Waals surface area (Å²) in [7, 11) is 0. The molecule has 4 N–H and O–H groups in total. The molecule has 0 atom stereocenters. The van der Waals surface area contributed by atoms with E-state index in [0.717, 1.165) is 18.4 Å². The predicted molar refractivity (Wildman–Crippen MR) is 162 cm³/mol. The summed E-state index contributed by atoms with van der Waals surface area (Å²) in [6, 6.07) is 20.0. The number of esters is 3. The highest BCUT2D eigenvalue weighted by Crippen LogP contribution is 2.18. The summed E-state index contributed by atoms with van der Waals surface area (Å²) in [6.45, 7) is 0.999. The third kappa shape index (κ3) is 12.0. The summed E-state index contributed by atoms with van der Waals surface area (Å²) in [5.74, 6) is -0.448. The maximum atomic E-state index is 12.4. The number of nitrogens with two attached hydrogens (primary N) is 2. The van der Waals surface area contributed by atoms with E-state index < -0.39 is 17.9 Å². The molecule has 3 aromatic rings. The van der Waals surface area contributed by atoms with Crippen molar-refractivity contribution in [1.82, 2.24) is 0 Å². The third-order valence-corrected chi connectivity index (χ3v) is 6.02. The highest BCUT2D eigenvalue weighted by molar-refractivity contribution is 5.92. The normalized spacial score (nSPS) is 10.6. The first-order valence-corrected chi connectivity index (χ1v) is 13.9. The van der Waals surface area contributed by atoms with Gasteiger partial charge < -0.3 is 30.4 Å². The molecular formula is C33H35N3O7. The second-order valence-corrected chi connectivity index (χ2v) is 9.53. The van der Waals surface area contributed by atoms with Gasteiger partial charge in [-0.05, 0) is 98.3 Å². The lowest BCUT2D eigenvalue weighted by Gasteiger charge is -2.07. The number of carbonyl (C=O) groups is 3. The largest absolute Gasteiger partial charge is 0.494 e. The van der Waals surface area contributed by atoms with E-state index in [9.17, 15) is 14.4 Å². The van der Waals surface area contributed by atoms with Crippen LogP contribution in [0.3, 0.4) is 0 Å². The van der Waals surface area contributed by atoms with Crippen LogP contribution in [0.25, 0.3) is 6.08 Å². The van der Waals surface area contributed by atoms with Crippen molar-refractivity contribution in [2.24, 2.45) is 0 Å². The van der Waals surface area contributed by atoms with Crippen molar-refractivity contribution in [3.63, 3.8) is 0 Å². The second-order valence-electron chi connectivity index (χ2n) is 9.53. The Morgan fingerprint density at radius 1 is 0.698 bits per heavy atom. The molecule has 0 aliphatic carbocycles. The molecule has 0 saturated carbocycles. The van der Waals surface area contributed by atoms with Crippen molar-refractivity contribution in [1.29, 1.82) is 5.26 Å². The Hall–Kier alpha value is -5.30. The standard InChI is InChI=1S/C33H35N3O7/c34-17-3-6-18-40-29-14-10-25(11-15-29)33(39)43-30-12-7-24(8-13-30)9-16-31(37)41-19-4-1-2-5-20-42-32(38)26-21-27(35)23-28(36)22-26/h7-16,21-23H,1-6,18-20,35-36H2/b16-9+. The summed E-state index contributed by atoms with van der Waals surface area (Å²) in [4.78, 5) is 36.5. The maximum absolute atomic E-state index is 12.4. The molecule has 3 rings (SSSR count). The van der Waals surface area contributed by atoms with Crippen molar-refractivity contribution in [2.75, 3.05) is 31.3 Å². The molecule has 0 spiro atoms. The number of ether oxygens (including phenoxy) is 4. The van der Waals surface area contributed by atoms with Crippen LogP contribution in [0.1, 0.15) is 64.8 Å². The number of benzene rings is 3. The van der Waals surface area contributed by atoms with Crippen LogP contribution in [0.15, 0.2) is 72.8 Å². The number of nitrogens with zero attached hydrogens (tertiary/aromatic N) is 1. The predicted octanol–water partition coefficient (Wildman–Crippen LogP) is 5.73. The molecule has 0 aliphatic heterocycles. The number of hydrogen-bond acceptors (Lipinski definition) is 10. The van der Waals surface area contributed by atoms with Crippen molar-refractivity contribution in [3.8, 4) is 17.6 Å². The van der Waals surface area contributed by atoms with Gasteiger partial charge in [0.2, 0.25) is 0 Å². The van der Waals surface area contributed by atoms with Crippen LogP contribution >= 0.6 is 0 Å². The highest BCUT2D eigenvalue weighted by atomic mass is 16.5. The summed E-state index contributed by atoms with van der Waals surface area (Å²) in [6.07, 6.45) is 7.05. The number of nitriles is 1.